The smallest absolute Gasteiger partial charge is 0.138 e. The van der Waals surface area contributed by atoms with E-state index in [2.05, 4.69) is 15.3 Å². The standard InChI is InChI=1S/C13H17N3OS/c1-17-7-3-6-14-12-11-9-4-2-5-10(9)18-13(11)16-8-15-12/h8H,2-7H2,1H3,(H,14,15,16). The highest BCUT2D eigenvalue weighted by molar-refractivity contribution is 7.19. The van der Waals surface area contributed by atoms with Crippen LogP contribution in [0.15, 0.2) is 6.33 Å². The molecule has 1 aliphatic rings. The summed E-state index contributed by atoms with van der Waals surface area (Å²) in [4.78, 5) is 11.4. The highest BCUT2D eigenvalue weighted by Gasteiger charge is 2.20. The van der Waals surface area contributed by atoms with Crippen molar-refractivity contribution in [2.45, 2.75) is 25.7 Å². The molecule has 0 radical (unpaired) electrons. The zero-order valence-corrected chi connectivity index (χ0v) is 11.3. The van der Waals surface area contributed by atoms with E-state index in [4.69, 9.17) is 4.74 Å². The second kappa shape index (κ2) is 5.20. The fraction of sp³-hybridized carbons (Fsp3) is 0.538. The molecule has 0 atom stereocenters. The van der Waals surface area contributed by atoms with E-state index in [1.54, 1.807) is 13.4 Å². The molecule has 0 unspecified atom stereocenters. The third-order valence-electron chi connectivity index (χ3n) is 3.32. The number of rotatable bonds is 5. The largest absolute Gasteiger partial charge is 0.385 e. The Morgan fingerprint density at radius 1 is 1.39 bits per heavy atom. The van der Waals surface area contributed by atoms with Gasteiger partial charge in [0.15, 0.2) is 0 Å². The van der Waals surface area contributed by atoms with Crippen LogP contribution in [0.2, 0.25) is 0 Å². The summed E-state index contributed by atoms with van der Waals surface area (Å²) in [7, 11) is 1.73. The third-order valence-corrected chi connectivity index (χ3v) is 4.52. The normalized spacial score (nSPS) is 14.1. The number of hydrogen-bond donors (Lipinski definition) is 1. The molecule has 2 heterocycles. The Morgan fingerprint density at radius 2 is 2.33 bits per heavy atom. The average Bonchev–Trinajstić information content (AvgIpc) is 2.94. The van der Waals surface area contributed by atoms with E-state index in [0.29, 0.717) is 0 Å². The van der Waals surface area contributed by atoms with Gasteiger partial charge in [0.05, 0.1) is 5.39 Å². The molecule has 0 spiro atoms. The molecule has 2 aromatic rings. The number of anilines is 1. The van der Waals surface area contributed by atoms with Crippen LogP contribution in [0.4, 0.5) is 5.82 Å². The van der Waals surface area contributed by atoms with Crippen LogP contribution in [0.5, 0.6) is 0 Å². The first-order valence-electron chi connectivity index (χ1n) is 6.38. The van der Waals surface area contributed by atoms with Crippen LogP contribution in [-0.4, -0.2) is 30.2 Å². The Bertz CT molecular complexity index is 552. The predicted octanol–water partition coefficient (Wildman–Crippen LogP) is 2.63. The zero-order valence-electron chi connectivity index (χ0n) is 10.5. The average molecular weight is 263 g/mol. The molecule has 96 valence electrons. The molecule has 0 amide bonds. The summed E-state index contributed by atoms with van der Waals surface area (Å²) in [6.07, 6.45) is 6.31. The van der Waals surface area contributed by atoms with Crippen molar-refractivity contribution < 1.29 is 4.74 Å². The zero-order chi connectivity index (χ0) is 12.4. The van der Waals surface area contributed by atoms with Gasteiger partial charge in [-0.1, -0.05) is 0 Å². The summed E-state index contributed by atoms with van der Waals surface area (Å²) in [5.74, 6) is 0.996. The SMILES string of the molecule is COCCCNc1ncnc2sc3c(c12)CCC3. The van der Waals surface area contributed by atoms with Crippen molar-refractivity contribution in [3.8, 4) is 0 Å². The Balaban J connectivity index is 1.87. The Morgan fingerprint density at radius 3 is 3.22 bits per heavy atom. The molecule has 2 aromatic heterocycles. The summed E-state index contributed by atoms with van der Waals surface area (Å²) in [5, 5.41) is 4.67. The molecule has 1 N–H and O–H groups in total. The lowest BCUT2D eigenvalue weighted by atomic mass is 10.2. The fourth-order valence-electron chi connectivity index (χ4n) is 2.49. The van der Waals surface area contributed by atoms with Gasteiger partial charge in [0, 0.05) is 25.1 Å². The van der Waals surface area contributed by atoms with Gasteiger partial charge in [0.2, 0.25) is 0 Å². The number of ether oxygens (including phenoxy) is 1. The first-order valence-corrected chi connectivity index (χ1v) is 7.20. The molecule has 0 saturated heterocycles. The first kappa shape index (κ1) is 11.9. The second-order valence-electron chi connectivity index (χ2n) is 4.53. The van der Waals surface area contributed by atoms with Crippen LogP contribution in [0, 0.1) is 0 Å². The lowest BCUT2D eigenvalue weighted by molar-refractivity contribution is 0.198. The number of nitrogens with zero attached hydrogens (tertiary/aromatic N) is 2. The van der Waals surface area contributed by atoms with Gasteiger partial charge in [-0.2, -0.15) is 0 Å². The predicted molar refractivity (Wildman–Crippen MR) is 74.4 cm³/mol. The summed E-state index contributed by atoms with van der Waals surface area (Å²) in [6.45, 7) is 1.67. The highest BCUT2D eigenvalue weighted by Crippen LogP contribution is 2.38. The number of nitrogens with one attached hydrogen (secondary N) is 1. The van der Waals surface area contributed by atoms with Gasteiger partial charge in [0.1, 0.15) is 17.0 Å². The van der Waals surface area contributed by atoms with Crippen LogP contribution >= 0.6 is 11.3 Å². The van der Waals surface area contributed by atoms with Gasteiger partial charge in [-0.15, -0.1) is 11.3 Å². The van der Waals surface area contributed by atoms with E-state index in [-0.39, 0.29) is 0 Å². The molecule has 0 fully saturated rings. The minimum atomic E-state index is 0.781. The number of hydrogen-bond acceptors (Lipinski definition) is 5. The second-order valence-corrected chi connectivity index (χ2v) is 5.62. The van der Waals surface area contributed by atoms with Crippen LogP contribution in [-0.2, 0) is 17.6 Å². The first-order chi connectivity index (χ1) is 8.90. The number of fused-ring (bicyclic) bond motifs is 3. The Labute approximate surface area is 110 Å². The van der Waals surface area contributed by atoms with Crippen molar-refractivity contribution in [1.29, 1.82) is 0 Å². The maximum atomic E-state index is 5.06. The fourth-order valence-corrected chi connectivity index (χ4v) is 3.71. The van der Waals surface area contributed by atoms with Crippen molar-refractivity contribution in [2.24, 2.45) is 0 Å². The summed E-state index contributed by atoms with van der Waals surface area (Å²) in [5.41, 5.74) is 1.48. The van der Waals surface area contributed by atoms with Crippen molar-refractivity contribution in [3.63, 3.8) is 0 Å². The number of aryl methyl sites for hydroxylation is 2. The maximum absolute atomic E-state index is 5.06. The number of thiophene rings is 1. The summed E-state index contributed by atoms with van der Waals surface area (Å²) < 4.78 is 5.06. The van der Waals surface area contributed by atoms with E-state index in [1.807, 2.05) is 11.3 Å². The lowest BCUT2D eigenvalue weighted by Gasteiger charge is -2.07. The van der Waals surface area contributed by atoms with E-state index in [1.165, 1.54) is 35.1 Å². The molecular formula is C13H17N3OS. The van der Waals surface area contributed by atoms with Gasteiger partial charge < -0.3 is 10.1 Å². The lowest BCUT2D eigenvalue weighted by Crippen LogP contribution is -2.06. The number of methoxy groups -OCH3 is 1. The van der Waals surface area contributed by atoms with Crippen molar-refractivity contribution in [1.82, 2.24) is 9.97 Å². The van der Waals surface area contributed by atoms with Gasteiger partial charge >= 0.3 is 0 Å². The minimum absolute atomic E-state index is 0.781. The molecule has 5 heteroatoms. The van der Waals surface area contributed by atoms with Gasteiger partial charge in [-0.05, 0) is 31.2 Å². The molecule has 18 heavy (non-hydrogen) atoms. The number of aromatic nitrogens is 2. The summed E-state index contributed by atoms with van der Waals surface area (Å²) in [6, 6.07) is 0. The molecule has 3 rings (SSSR count). The molecule has 0 saturated carbocycles. The van der Waals surface area contributed by atoms with Crippen molar-refractivity contribution in [3.05, 3.63) is 16.8 Å². The molecule has 0 bridgehead atoms. The topological polar surface area (TPSA) is 47.0 Å². The van der Waals surface area contributed by atoms with Crippen molar-refractivity contribution >= 4 is 27.4 Å². The van der Waals surface area contributed by atoms with E-state index >= 15 is 0 Å². The Kier molecular flexibility index (Phi) is 3.43. The molecule has 1 aliphatic carbocycles. The minimum Gasteiger partial charge on any atom is -0.385 e. The highest BCUT2D eigenvalue weighted by atomic mass is 32.1. The van der Waals surface area contributed by atoms with Crippen LogP contribution in [0.1, 0.15) is 23.3 Å². The monoisotopic (exact) mass is 263 g/mol. The molecule has 0 aromatic carbocycles. The molecule has 0 aliphatic heterocycles. The maximum Gasteiger partial charge on any atom is 0.138 e. The quantitative estimate of drug-likeness (QED) is 0.842. The third kappa shape index (κ3) is 2.08. The molecular weight excluding hydrogens is 246 g/mol. The van der Waals surface area contributed by atoms with E-state index in [9.17, 15) is 0 Å². The van der Waals surface area contributed by atoms with Gasteiger partial charge in [-0.25, -0.2) is 9.97 Å². The van der Waals surface area contributed by atoms with Crippen molar-refractivity contribution in [2.75, 3.05) is 25.6 Å². The van der Waals surface area contributed by atoms with Gasteiger partial charge in [-0.3, -0.25) is 0 Å². The van der Waals surface area contributed by atoms with Crippen LogP contribution < -0.4 is 5.32 Å². The van der Waals surface area contributed by atoms with E-state index in [0.717, 1.165) is 30.2 Å². The Hall–Kier alpha value is -1.20. The van der Waals surface area contributed by atoms with Gasteiger partial charge in [0.25, 0.3) is 0 Å². The summed E-state index contributed by atoms with van der Waals surface area (Å²) >= 11 is 1.83. The van der Waals surface area contributed by atoms with Crippen LogP contribution in [0.3, 0.4) is 0 Å². The van der Waals surface area contributed by atoms with Crippen LogP contribution in [0.25, 0.3) is 10.2 Å². The van der Waals surface area contributed by atoms with E-state index < -0.39 is 0 Å². The molecule has 4 nitrogen and oxygen atoms in total.